The SMILES string of the molecule is NCCNC(=O)c1ccccc1NC(=O)CC1CCC1. The van der Waals surface area contributed by atoms with Crippen LogP contribution in [-0.4, -0.2) is 24.9 Å². The number of benzene rings is 1. The molecular weight excluding hydrogens is 254 g/mol. The largest absolute Gasteiger partial charge is 0.351 e. The average Bonchev–Trinajstić information content (AvgIpc) is 2.41. The molecule has 5 nitrogen and oxygen atoms in total. The highest BCUT2D eigenvalue weighted by atomic mass is 16.2. The van der Waals surface area contributed by atoms with Crippen molar-refractivity contribution in [1.82, 2.24) is 5.32 Å². The molecule has 0 spiro atoms. The number of carbonyl (C=O) groups excluding carboxylic acids is 2. The molecule has 0 aliphatic heterocycles. The molecule has 0 heterocycles. The highest BCUT2D eigenvalue weighted by Gasteiger charge is 2.21. The van der Waals surface area contributed by atoms with Crippen molar-refractivity contribution in [1.29, 1.82) is 0 Å². The minimum absolute atomic E-state index is 0.0197. The van der Waals surface area contributed by atoms with E-state index >= 15 is 0 Å². The molecule has 5 heteroatoms. The summed E-state index contributed by atoms with van der Waals surface area (Å²) in [4.78, 5) is 23.9. The Morgan fingerprint density at radius 2 is 2.00 bits per heavy atom. The van der Waals surface area contributed by atoms with Gasteiger partial charge in [0.2, 0.25) is 5.91 Å². The standard InChI is InChI=1S/C15H21N3O2/c16-8-9-17-15(20)12-6-1-2-7-13(12)18-14(19)10-11-4-3-5-11/h1-2,6-7,11H,3-5,8-10,16H2,(H,17,20)(H,18,19). The molecule has 1 aromatic rings. The summed E-state index contributed by atoms with van der Waals surface area (Å²) in [6, 6.07) is 7.03. The first-order chi connectivity index (χ1) is 9.70. The minimum atomic E-state index is -0.213. The number of rotatable bonds is 6. The van der Waals surface area contributed by atoms with Gasteiger partial charge in [0.1, 0.15) is 0 Å². The first-order valence-corrected chi connectivity index (χ1v) is 7.08. The lowest BCUT2D eigenvalue weighted by Crippen LogP contribution is -2.30. The van der Waals surface area contributed by atoms with E-state index in [-0.39, 0.29) is 11.8 Å². The van der Waals surface area contributed by atoms with Crippen LogP contribution in [0.1, 0.15) is 36.0 Å². The van der Waals surface area contributed by atoms with Crippen LogP contribution in [0.3, 0.4) is 0 Å². The first kappa shape index (κ1) is 14.5. The van der Waals surface area contributed by atoms with E-state index in [1.54, 1.807) is 24.3 Å². The lowest BCUT2D eigenvalue weighted by molar-refractivity contribution is -0.117. The molecule has 1 aliphatic carbocycles. The summed E-state index contributed by atoms with van der Waals surface area (Å²) in [6.07, 6.45) is 4.02. The molecule has 1 saturated carbocycles. The molecule has 20 heavy (non-hydrogen) atoms. The van der Waals surface area contributed by atoms with E-state index in [2.05, 4.69) is 10.6 Å². The van der Waals surface area contributed by atoms with Gasteiger partial charge in [-0.15, -0.1) is 0 Å². The Morgan fingerprint density at radius 1 is 1.25 bits per heavy atom. The van der Waals surface area contributed by atoms with Gasteiger partial charge < -0.3 is 16.4 Å². The summed E-state index contributed by atoms with van der Waals surface area (Å²) >= 11 is 0. The van der Waals surface area contributed by atoms with Crippen molar-refractivity contribution in [3.8, 4) is 0 Å². The van der Waals surface area contributed by atoms with Gasteiger partial charge in [-0.3, -0.25) is 9.59 Å². The lowest BCUT2D eigenvalue weighted by Gasteiger charge is -2.24. The van der Waals surface area contributed by atoms with Crippen LogP contribution in [-0.2, 0) is 4.79 Å². The van der Waals surface area contributed by atoms with E-state index in [0.717, 1.165) is 12.8 Å². The van der Waals surface area contributed by atoms with E-state index in [4.69, 9.17) is 5.73 Å². The first-order valence-electron chi connectivity index (χ1n) is 7.08. The molecule has 1 aromatic carbocycles. The van der Waals surface area contributed by atoms with Crippen molar-refractivity contribution in [3.05, 3.63) is 29.8 Å². The van der Waals surface area contributed by atoms with Crippen LogP contribution in [0.4, 0.5) is 5.69 Å². The number of nitrogens with two attached hydrogens (primary N) is 1. The monoisotopic (exact) mass is 275 g/mol. The predicted octanol–water partition coefficient (Wildman–Crippen LogP) is 1.50. The quantitative estimate of drug-likeness (QED) is 0.735. The summed E-state index contributed by atoms with van der Waals surface area (Å²) in [7, 11) is 0. The zero-order valence-corrected chi connectivity index (χ0v) is 11.5. The van der Waals surface area contributed by atoms with Gasteiger partial charge in [-0.25, -0.2) is 0 Å². The van der Waals surface area contributed by atoms with Gasteiger partial charge >= 0.3 is 0 Å². The van der Waals surface area contributed by atoms with Gasteiger partial charge in [-0.2, -0.15) is 0 Å². The second kappa shape index (κ2) is 7.05. The lowest BCUT2D eigenvalue weighted by atomic mass is 9.83. The molecule has 1 fully saturated rings. The third kappa shape index (κ3) is 3.81. The smallest absolute Gasteiger partial charge is 0.253 e. The van der Waals surface area contributed by atoms with Crippen LogP contribution < -0.4 is 16.4 Å². The van der Waals surface area contributed by atoms with Gasteiger partial charge in [-0.05, 0) is 30.9 Å². The zero-order valence-electron chi connectivity index (χ0n) is 11.5. The number of para-hydroxylation sites is 1. The number of anilines is 1. The molecule has 0 aromatic heterocycles. The summed E-state index contributed by atoms with van der Waals surface area (Å²) in [5, 5.41) is 5.55. The second-order valence-corrected chi connectivity index (χ2v) is 5.14. The molecule has 108 valence electrons. The van der Waals surface area contributed by atoms with Crippen LogP contribution in [0, 0.1) is 5.92 Å². The van der Waals surface area contributed by atoms with Crippen molar-refractivity contribution in [2.24, 2.45) is 11.7 Å². The molecule has 0 bridgehead atoms. The number of hydrogen-bond acceptors (Lipinski definition) is 3. The fourth-order valence-corrected chi connectivity index (χ4v) is 2.23. The summed E-state index contributed by atoms with van der Waals surface area (Å²) < 4.78 is 0. The van der Waals surface area contributed by atoms with Crippen LogP contribution >= 0.6 is 0 Å². The number of hydrogen-bond donors (Lipinski definition) is 3. The van der Waals surface area contributed by atoms with Crippen LogP contribution in [0.15, 0.2) is 24.3 Å². The van der Waals surface area contributed by atoms with Crippen molar-refractivity contribution in [2.75, 3.05) is 18.4 Å². The van der Waals surface area contributed by atoms with Gasteiger partial charge in [0.25, 0.3) is 5.91 Å². The minimum Gasteiger partial charge on any atom is -0.351 e. The van der Waals surface area contributed by atoms with Gasteiger partial charge in [-0.1, -0.05) is 18.6 Å². The maximum atomic E-state index is 12.0. The molecule has 0 atom stereocenters. The zero-order chi connectivity index (χ0) is 14.4. The van der Waals surface area contributed by atoms with E-state index in [0.29, 0.717) is 36.7 Å². The van der Waals surface area contributed by atoms with E-state index < -0.39 is 0 Å². The van der Waals surface area contributed by atoms with Crippen molar-refractivity contribution in [2.45, 2.75) is 25.7 Å². The van der Waals surface area contributed by atoms with Crippen LogP contribution in [0.2, 0.25) is 0 Å². The molecule has 0 saturated heterocycles. The highest BCUT2D eigenvalue weighted by molar-refractivity contribution is 6.03. The topological polar surface area (TPSA) is 84.2 Å². The maximum absolute atomic E-state index is 12.0. The van der Waals surface area contributed by atoms with Gasteiger partial charge in [0.05, 0.1) is 11.3 Å². The Bertz CT molecular complexity index is 484. The third-order valence-corrected chi connectivity index (χ3v) is 3.57. The fraction of sp³-hybridized carbons (Fsp3) is 0.467. The predicted molar refractivity (Wildman–Crippen MR) is 78.4 cm³/mol. The van der Waals surface area contributed by atoms with E-state index in [1.165, 1.54) is 6.42 Å². The second-order valence-electron chi connectivity index (χ2n) is 5.14. The molecule has 4 N–H and O–H groups in total. The third-order valence-electron chi connectivity index (χ3n) is 3.57. The molecule has 0 radical (unpaired) electrons. The summed E-state index contributed by atoms with van der Waals surface area (Å²) in [6.45, 7) is 0.811. The Balaban J connectivity index is 1.99. The summed E-state index contributed by atoms with van der Waals surface area (Å²) in [5.41, 5.74) is 6.40. The Kier molecular flexibility index (Phi) is 5.12. The molecule has 0 unspecified atom stereocenters. The van der Waals surface area contributed by atoms with E-state index in [9.17, 15) is 9.59 Å². The molecule has 1 aliphatic rings. The molecule has 2 amide bonds. The number of carbonyl (C=O) groups is 2. The van der Waals surface area contributed by atoms with Crippen LogP contribution in [0.5, 0.6) is 0 Å². The summed E-state index contributed by atoms with van der Waals surface area (Å²) in [5.74, 6) is 0.275. The maximum Gasteiger partial charge on any atom is 0.253 e. The van der Waals surface area contributed by atoms with Gasteiger partial charge in [0.15, 0.2) is 0 Å². The van der Waals surface area contributed by atoms with E-state index in [1.807, 2.05) is 0 Å². The Labute approximate surface area is 118 Å². The fourth-order valence-electron chi connectivity index (χ4n) is 2.23. The Morgan fingerprint density at radius 3 is 2.65 bits per heavy atom. The van der Waals surface area contributed by atoms with Gasteiger partial charge in [0, 0.05) is 19.5 Å². The average molecular weight is 275 g/mol. The van der Waals surface area contributed by atoms with Crippen molar-refractivity contribution in [3.63, 3.8) is 0 Å². The molecule has 2 rings (SSSR count). The van der Waals surface area contributed by atoms with Crippen LogP contribution in [0.25, 0.3) is 0 Å². The highest BCUT2D eigenvalue weighted by Crippen LogP contribution is 2.29. The molecular formula is C15H21N3O2. The van der Waals surface area contributed by atoms with Crippen molar-refractivity contribution >= 4 is 17.5 Å². The number of amides is 2. The van der Waals surface area contributed by atoms with Crippen molar-refractivity contribution < 1.29 is 9.59 Å². The normalized spacial score (nSPS) is 14.4. The number of nitrogens with one attached hydrogen (secondary N) is 2. The Hall–Kier alpha value is -1.88.